The van der Waals surface area contributed by atoms with Crippen molar-refractivity contribution in [2.45, 2.75) is 19.5 Å². The maximum absolute atomic E-state index is 13.3. The van der Waals surface area contributed by atoms with E-state index < -0.39 is 0 Å². The van der Waals surface area contributed by atoms with E-state index in [2.05, 4.69) is 33.5 Å². The molecule has 0 radical (unpaired) electrons. The standard InChI is InChI=1S/C24H23N9O2/c1-15-11-27-31(2)20(15)14-32-13-19(22(30-32)17-9-16(10-25)5-6-21(17)35-3)29-24(34)18-12-28-33-8-4-7-26-23(18)33/h4-9,11-13,15,20H,14H2,1-3H3,(H,29,34). The minimum Gasteiger partial charge on any atom is -0.496 e. The van der Waals surface area contributed by atoms with Crippen LogP contribution in [-0.2, 0) is 6.54 Å². The highest BCUT2D eigenvalue weighted by Gasteiger charge is 2.27. The molecule has 1 aromatic carbocycles. The Morgan fingerprint density at radius 3 is 2.94 bits per heavy atom. The first-order chi connectivity index (χ1) is 17.0. The molecule has 0 fully saturated rings. The summed E-state index contributed by atoms with van der Waals surface area (Å²) in [6, 6.07) is 9.09. The summed E-state index contributed by atoms with van der Waals surface area (Å²) >= 11 is 0. The molecule has 176 valence electrons. The second-order valence-corrected chi connectivity index (χ2v) is 8.31. The largest absolute Gasteiger partial charge is 0.496 e. The lowest BCUT2D eigenvalue weighted by Crippen LogP contribution is -2.32. The van der Waals surface area contributed by atoms with Gasteiger partial charge in [0.1, 0.15) is 17.0 Å². The van der Waals surface area contributed by atoms with Crippen molar-refractivity contribution in [3.8, 4) is 23.1 Å². The summed E-state index contributed by atoms with van der Waals surface area (Å²) in [6.45, 7) is 2.65. The van der Waals surface area contributed by atoms with Crippen molar-refractivity contribution in [1.29, 1.82) is 5.26 Å². The van der Waals surface area contributed by atoms with Gasteiger partial charge in [0.15, 0.2) is 5.65 Å². The first-order valence-corrected chi connectivity index (χ1v) is 11.0. The Bertz CT molecular complexity index is 1470. The van der Waals surface area contributed by atoms with E-state index >= 15 is 0 Å². The van der Waals surface area contributed by atoms with Gasteiger partial charge in [0.25, 0.3) is 5.91 Å². The lowest BCUT2D eigenvalue weighted by molar-refractivity contribution is 0.102. The Morgan fingerprint density at radius 1 is 1.34 bits per heavy atom. The number of fused-ring (bicyclic) bond motifs is 1. The van der Waals surface area contributed by atoms with E-state index in [4.69, 9.17) is 9.84 Å². The minimum absolute atomic E-state index is 0.113. The van der Waals surface area contributed by atoms with E-state index in [-0.39, 0.29) is 17.9 Å². The predicted octanol–water partition coefficient (Wildman–Crippen LogP) is 2.66. The van der Waals surface area contributed by atoms with Crippen LogP contribution in [0.5, 0.6) is 5.75 Å². The summed E-state index contributed by atoms with van der Waals surface area (Å²) in [4.78, 5) is 17.5. The van der Waals surface area contributed by atoms with E-state index in [1.807, 2.05) is 18.3 Å². The lowest BCUT2D eigenvalue weighted by atomic mass is 10.1. The van der Waals surface area contributed by atoms with Crippen molar-refractivity contribution in [2.24, 2.45) is 11.0 Å². The number of nitriles is 1. The zero-order valence-electron chi connectivity index (χ0n) is 19.5. The van der Waals surface area contributed by atoms with E-state index in [0.29, 0.717) is 46.0 Å². The predicted molar refractivity (Wildman–Crippen MR) is 129 cm³/mol. The van der Waals surface area contributed by atoms with Crippen LogP contribution >= 0.6 is 0 Å². The summed E-state index contributed by atoms with van der Waals surface area (Å²) in [5, 5.41) is 27.7. The molecule has 0 spiro atoms. The average Bonchev–Trinajstić information content (AvgIpc) is 3.57. The molecule has 1 amide bonds. The zero-order chi connectivity index (χ0) is 24.5. The van der Waals surface area contributed by atoms with E-state index in [0.717, 1.165) is 0 Å². The summed E-state index contributed by atoms with van der Waals surface area (Å²) in [7, 11) is 3.48. The topological polar surface area (TPSA) is 126 Å². The molecule has 5 rings (SSSR count). The van der Waals surface area contributed by atoms with Crippen LogP contribution in [0.2, 0.25) is 0 Å². The number of amides is 1. The molecule has 4 heterocycles. The summed E-state index contributed by atoms with van der Waals surface area (Å²) in [5.74, 6) is 0.411. The monoisotopic (exact) mass is 469 g/mol. The summed E-state index contributed by atoms with van der Waals surface area (Å²) in [5.41, 5.74) is 2.81. The molecule has 35 heavy (non-hydrogen) atoms. The fourth-order valence-electron chi connectivity index (χ4n) is 4.16. The Balaban J connectivity index is 1.56. The zero-order valence-corrected chi connectivity index (χ0v) is 19.5. The second kappa shape index (κ2) is 8.90. The molecule has 1 N–H and O–H groups in total. The first-order valence-electron chi connectivity index (χ1n) is 11.0. The van der Waals surface area contributed by atoms with Crippen molar-refractivity contribution in [1.82, 2.24) is 29.4 Å². The number of likely N-dealkylation sites (N-methyl/N-ethyl adjacent to an activating group) is 1. The Hall–Kier alpha value is -4.72. The number of hydrazone groups is 1. The van der Waals surface area contributed by atoms with Gasteiger partial charge in [0, 0.05) is 43.3 Å². The number of rotatable bonds is 6. The molecule has 0 aliphatic carbocycles. The third-order valence-electron chi connectivity index (χ3n) is 6.06. The summed E-state index contributed by atoms with van der Waals surface area (Å²) < 4.78 is 8.86. The molecule has 11 heteroatoms. The van der Waals surface area contributed by atoms with E-state index in [1.54, 1.807) is 54.6 Å². The number of aromatic nitrogens is 5. The number of benzene rings is 1. The van der Waals surface area contributed by atoms with Gasteiger partial charge in [0.05, 0.1) is 43.2 Å². The number of methoxy groups -OCH3 is 1. The van der Waals surface area contributed by atoms with Crippen LogP contribution in [0.4, 0.5) is 5.69 Å². The maximum Gasteiger partial charge on any atom is 0.261 e. The Kier molecular flexibility index (Phi) is 5.62. The van der Waals surface area contributed by atoms with Crippen molar-refractivity contribution < 1.29 is 9.53 Å². The number of anilines is 1. The molecular weight excluding hydrogens is 446 g/mol. The quantitative estimate of drug-likeness (QED) is 0.460. The molecule has 11 nitrogen and oxygen atoms in total. The van der Waals surface area contributed by atoms with Gasteiger partial charge in [-0.2, -0.15) is 20.6 Å². The molecule has 4 aromatic rings. The third-order valence-corrected chi connectivity index (χ3v) is 6.06. The summed E-state index contributed by atoms with van der Waals surface area (Å²) in [6.07, 6.45) is 8.50. The van der Waals surface area contributed by atoms with Crippen LogP contribution in [-0.4, -0.2) is 61.7 Å². The van der Waals surface area contributed by atoms with E-state index in [9.17, 15) is 10.1 Å². The smallest absolute Gasteiger partial charge is 0.261 e. The van der Waals surface area contributed by atoms with Crippen molar-refractivity contribution >= 4 is 23.5 Å². The highest BCUT2D eigenvalue weighted by Crippen LogP contribution is 2.35. The van der Waals surface area contributed by atoms with Crippen molar-refractivity contribution in [3.05, 3.63) is 60.2 Å². The lowest BCUT2D eigenvalue weighted by Gasteiger charge is -2.22. The fraction of sp³-hybridized carbons (Fsp3) is 0.250. The van der Waals surface area contributed by atoms with Gasteiger partial charge in [-0.05, 0) is 24.3 Å². The van der Waals surface area contributed by atoms with Gasteiger partial charge in [0.2, 0.25) is 0 Å². The molecule has 1 aliphatic rings. The fourth-order valence-corrected chi connectivity index (χ4v) is 4.16. The van der Waals surface area contributed by atoms with Crippen LogP contribution in [0, 0.1) is 17.2 Å². The molecule has 0 saturated carbocycles. The van der Waals surface area contributed by atoms with Gasteiger partial charge in [-0.1, -0.05) is 6.92 Å². The Morgan fingerprint density at radius 2 is 2.20 bits per heavy atom. The molecular formula is C24H23N9O2. The van der Waals surface area contributed by atoms with Gasteiger partial charge >= 0.3 is 0 Å². The number of ether oxygens (including phenoxy) is 1. The third kappa shape index (κ3) is 4.06. The van der Waals surface area contributed by atoms with Crippen LogP contribution in [0.3, 0.4) is 0 Å². The Labute approximate surface area is 201 Å². The second-order valence-electron chi connectivity index (χ2n) is 8.31. The molecule has 1 aliphatic heterocycles. The minimum atomic E-state index is -0.371. The number of hydrogen-bond donors (Lipinski definition) is 1. The maximum atomic E-state index is 13.3. The highest BCUT2D eigenvalue weighted by atomic mass is 16.5. The number of carbonyl (C=O) groups excluding carboxylic acids is 1. The normalized spacial score (nSPS) is 17.0. The number of carbonyl (C=O) groups is 1. The van der Waals surface area contributed by atoms with Gasteiger partial charge in [-0.15, -0.1) is 0 Å². The van der Waals surface area contributed by atoms with Crippen molar-refractivity contribution in [2.75, 3.05) is 19.5 Å². The van der Waals surface area contributed by atoms with Crippen LogP contribution in [0.15, 0.2) is 54.2 Å². The first kappa shape index (κ1) is 22.1. The average molecular weight is 470 g/mol. The molecule has 0 saturated heterocycles. The van der Waals surface area contributed by atoms with Gasteiger partial charge < -0.3 is 10.1 Å². The SMILES string of the molecule is COc1ccc(C#N)cc1-c1nn(CC2C(C)C=NN2C)cc1NC(=O)c1cnn2cccnc12. The molecule has 3 aromatic heterocycles. The molecule has 0 bridgehead atoms. The van der Waals surface area contributed by atoms with Crippen LogP contribution < -0.4 is 10.1 Å². The van der Waals surface area contributed by atoms with Gasteiger partial charge in [-0.3, -0.25) is 14.5 Å². The number of hydrogen-bond acceptors (Lipinski definition) is 8. The van der Waals surface area contributed by atoms with E-state index in [1.165, 1.54) is 10.7 Å². The highest BCUT2D eigenvalue weighted by molar-refractivity contribution is 6.09. The molecule has 2 unspecified atom stereocenters. The molecule has 2 atom stereocenters. The van der Waals surface area contributed by atoms with Crippen LogP contribution in [0.1, 0.15) is 22.8 Å². The number of nitrogens with one attached hydrogen (secondary N) is 1. The van der Waals surface area contributed by atoms with Gasteiger partial charge in [-0.25, -0.2) is 9.50 Å². The van der Waals surface area contributed by atoms with Crippen molar-refractivity contribution in [3.63, 3.8) is 0 Å². The van der Waals surface area contributed by atoms with Crippen LogP contribution in [0.25, 0.3) is 16.9 Å². The number of nitrogens with zero attached hydrogens (tertiary/aromatic N) is 8.